The Hall–Kier alpha value is -2.16. The van der Waals surface area contributed by atoms with Crippen LogP contribution in [0.1, 0.15) is 40.0 Å². The molecule has 21 heavy (non-hydrogen) atoms. The van der Waals surface area contributed by atoms with Crippen LogP contribution in [0.2, 0.25) is 0 Å². The van der Waals surface area contributed by atoms with Gasteiger partial charge in [-0.1, -0.05) is 12.1 Å². The summed E-state index contributed by atoms with van der Waals surface area (Å²) in [6.07, 6.45) is 6.49. The quantitative estimate of drug-likeness (QED) is 0.865. The zero-order chi connectivity index (χ0) is 14.7. The van der Waals surface area contributed by atoms with Gasteiger partial charge in [0.05, 0.1) is 12.2 Å². The fraction of sp³-hybridized carbons (Fsp3) is 0.333. The van der Waals surface area contributed by atoms with Gasteiger partial charge in [0.2, 0.25) is 0 Å². The van der Waals surface area contributed by atoms with Crippen molar-refractivity contribution in [2.75, 3.05) is 7.05 Å². The Balaban J connectivity index is 1.75. The van der Waals surface area contributed by atoms with Gasteiger partial charge < -0.3 is 4.90 Å². The van der Waals surface area contributed by atoms with Gasteiger partial charge in [0, 0.05) is 18.8 Å². The van der Waals surface area contributed by atoms with E-state index in [4.69, 9.17) is 0 Å². The first-order valence-corrected chi connectivity index (χ1v) is 7.51. The summed E-state index contributed by atoms with van der Waals surface area (Å²) in [4.78, 5) is 18.5. The molecule has 108 valence electrons. The Morgan fingerprint density at radius 2 is 1.95 bits per heavy atom. The van der Waals surface area contributed by atoms with Gasteiger partial charge >= 0.3 is 0 Å². The number of fused-ring (bicyclic) bond motifs is 1. The summed E-state index contributed by atoms with van der Waals surface area (Å²) in [6, 6.07) is 11.9. The molecule has 1 aliphatic carbocycles. The number of rotatable bonds is 3. The second-order valence-electron chi connectivity index (χ2n) is 5.67. The Kier molecular flexibility index (Phi) is 4.00. The molecule has 0 bridgehead atoms. The molecule has 0 radical (unpaired) electrons. The number of hydrogen-bond acceptors (Lipinski definition) is 2. The smallest absolute Gasteiger partial charge is 0.253 e. The highest BCUT2D eigenvalue weighted by Crippen LogP contribution is 2.22. The van der Waals surface area contributed by atoms with Crippen molar-refractivity contribution in [2.24, 2.45) is 0 Å². The molecule has 0 saturated heterocycles. The summed E-state index contributed by atoms with van der Waals surface area (Å²) in [7, 11) is 1.83. The van der Waals surface area contributed by atoms with Crippen LogP contribution in [0.25, 0.3) is 0 Å². The van der Waals surface area contributed by atoms with Crippen molar-refractivity contribution in [3.8, 4) is 0 Å². The third-order valence-corrected chi connectivity index (χ3v) is 4.07. The van der Waals surface area contributed by atoms with Crippen molar-refractivity contribution >= 4 is 5.91 Å². The molecule has 3 nitrogen and oxygen atoms in total. The summed E-state index contributed by atoms with van der Waals surface area (Å²) in [5, 5.41) is 0. The Labute approximate surface area is 125 Å². The second-order valence-corrected chi connectivity index (χ2v) is 5.67. The normalized spacial score (nSPS) is 13.6. The largest absolute Gasteiger partial charge is 0.336 e. The van der Waals surface area contributed by atoms with Gasteiger partial charge in [-0.25, -0.2) is 0 Å². The van der Waals surface area contributed by atoms with Gasteiger partial charge in [-0.05, 0) is 61.1 Å². The molecule has 0 aliphatic heterocycles. The minimum absolute atomic E-state index is 0.0639. The number of pyridine rings is 1. The lowest BCUT2D eigenvalue weighted by Crippen LogP contribution is -2.26. The molecule has 1 aromatic heterocycles. The van der Waals surface area contributed by atoms with Crippen molar-refractivity contribution in [1.82, 2.24) is 9.88 Å². The maximum atomic E-state index is 12.5. The molecular formula is C18H20N2O. The first-order chi connectivity index (χ1) is 10.2. The fourth-order valence-corrected chi connectivity index (χ4v) is 2.89. The van der Waals surface area contributed by atoms with Gasteiger partial charge in [0.25, 0.3) is 5.91 Å². The van der Waals surface area contributed by atoms with E-state index in [1.165, 1.54) is 24.0 Å². The Morgan fingerprint density at radius 1 is 1.14 bits per heavy atom. The molecule has 0 atom stereocenters. The molecule has 1 aliphatic rings. The predicted octanol–water partition coefficient (Wildman–Crippen LogP) is 3.23. The Morgan fingerprint density at radius 3 is 2.71 bits per heavy atom. The predicted molar refractivity (Wildman–Crippen MR) is 83.1 cm³/mol. The van der Waals surface area contributed by atoms with Crippen LogP contribution in [-0.2, 0) is 19.4 Å². The first-order valence-electron chi connectivity index (χ1n) is 7.51. The number of carbonyl (C=O) groups excluding carboxylic acids is 1. The van der Waals surface area contributed by atoms with Gasteiger partial charge in [-0.15, -0.1) is 0 Å². The number of amides is 1. The molecule has 3 heteroatoms. The summed E-state index contributed by atoms with van der Waals surface area (Å²) in [5.74, 6) is 0.0639. The average molecular weight is 280 g/mol. The lowest BCUT2D eigenvalue weighted by atomic mass is 9.90. The van der Waals surface area contributed by atoms with E-state index in [1.54, 1.807) is 11.1 Å². The van der Waals surface area contributed by atoms with Crippen LogP contribution in [0, 0.1) is 0 Å². The van der Waals surface area contributed by atoms with Crippen LogP contribution >= 0.6 is 0 Å². The molecule has 1 aromatic carbocycles. The van der Waals surface area contributed by atoms with Crippen LogP contribution in [-0.4, -0.2) is 22.8 Å². The highest BCUT2D eigenvalue weighted by molar-refractivity contribution is 5.94. The molecule has 0 spiro atoms. The molecule has 0 fully saturated rings. The summed E-state index contributed by atoms with van der Waals surface area (Å²) < 4.78 is 0. The van der Waals surface area contributed by atoms with E-state index in [0.29, 0.717) is 6.54 Å². The molecule has 0 N–H and O–H groups in total. The van der Waals surface area contributed by atoms with E-state index >= 15 is 0 Å². The third kappa shape index (κ3) is 3.13. The highest BCUT2D eigenvalue weighted by Gasteiger charge is 2.16. The summed E-state index contributed by atoms with van der Waals surface area (Å²) in [5.41, 5.74) is 4.45. The first kappa shape index (κ1) is 13.8. The van der Waals surface area contributed by atoms with Gasteiger partial charge in [0.15, 0.2) is 0 Å². The average Bonchev–Trinajstić information content (AvgIpc) is 2.54. The number of carbonyl (C=O) groups is 1. The van der Waals surface area contributed by atoms with Crippen molar-refractivity contribution in [3.63, 3.8) is 0 Å². The Bertz CT molecular complexity index is 637. The molecule has 3 rings (SSSR count). The van der Waals surface area contributed by atoms with Gasteiger partial charge in [-0.3, -0.25) is 9.78 Å². The van der Waals surface area contributed by atoms with Crippen LogP contribution in [0.4, 0.5) is 0 Å². The lowest BCUT2D eigenvalue weighted by molar-refractivity contribution is 0.0783. The van der Waals surface area contributed by atoms with E-state index in [2.05, 4.69) is 17.1 Å². The van der Waals surface area contributed by atoms with Crippen molar-refractivity contribution in [3.05, 3.63) is 65.0 Å². The van der Waals surface area contributed by atoms with E-state index in [1.807, 2.05) is 31.3 Å². The van der Waals surface area contributed by atoms with E-state index in [9.17, 15) is 4.79 Å². The van der Waals surface area contributed by atoms with E-state index in [0.717, 1.165) is 24.1 Å². The zero-order valence-electron chi connectivity index (χ0n) is 12.4. The minimum Gasteiger partial charge on any atom is -0.336 e. The highest BCUT2D eigenvalue weighted by atomic mass is 16.2. The third-order valence-electron chi connectivity index (χ3n) is 4.07. The van der Waals surface area contributed by atoms with Crippen molar-refractivity contribution < 1.29 is 4.79 Å². The van der Waals surface area contributed by atoms with Crippen LogP contribution < -0.4 is 0 Å². The molecule has 0 unspecified atom stereocenters. The van der Waals surface area contributed by atoms with Crippen molar-refractivity contribution in [2.45, 2.75) is 32.2 Å². The molecular weight excluding hydrogens is 260 g/mol. The van der Waals surface area contributed by atoms with Crippen LogP contribution in [0.5, 0.6) is 0 Å². The van der Waals surface area contributed by atoms with E-state index < -0.39 is 0 Å². The monoisotopic (exact) mass is 280 g/mol. The molecule has 1 heterocycles. The van der Waals surface area contributed by atoms with Gasteiger partial charge in [0.1, 0.15) is 0 Å². The summed E-state index contributed by atoms with van der Waals surface area (Å²) >= 11 is 0. The standard InChI is InChI=1S/C18H20N2O/c1-20(13-17-8-4-5-11-19-17)18(21)16-10-9-14-6-2-3-7-15(14)12-16/h4-5,8-12H,2-3,6-7,13H2,1H3. The minimum atomic E-state index is 0.0639. The van der Waals surface area contributed by atoms with Crippen LogP contribution in [0.15, 0.2) is 42.6 Å². The SMILES string of the molecule is CN(Cc1ccccn1)C(=O)c1ccc2c(c1)CCCC2. The topological polar surface area (TPSA) is 33.2 Å². The lowest BCUT2D eigenvalue weighted by Gasteiger charge is -2.20. The zero-order valence-corrected chi connectivity index (χ0v) is 12.4. The number of nitrogens with zero attached hydrogens (tertiary/aromatic N) is 2. The van der Waals surface area contributed by atoms with Crippen LogP contribution in [0.3, 0.4) is 0 Å². The summed E-state index contributed by atoms with van der Waals surface area (Å²) in [6.45, 7) is 0.538. The number of benzene rings is 1. The molecule has 0 saturated carbocycles. The molecule has 1 amide bonds. The molecule has 2 aromatic rings. The maximum absolute atomic E-state index is 12.5. The second kappa shape index (κ2) is 6.08. The van der Waals surface area contributed by atoms with Gasteiger partial charge in [-0.2, -0.15) is 0 Å². The number of aryl methyl sites for hydroxylation is 2. The number of aromatic nitrogens is 1. The van der Waals surface area contributed by atoms with E-state index in [-0.39, 0.29) is 5.91 Å². The fourth-order valence-electron chi connectivity index (χ4n) is 2.89. The van der Waals surface area contributed by atoms with Crippen molar-refractivity contribution in [1.29, 1.82) is 0 Å². The maximum Gasteiger partial charge on any atom is 0.253 e. The number of hydrogen-bond donors (Lipinski definition) is 0.